The number of rotatable bonds is 5. The molecule has 102 valence electrons. The Morgan fingerprint density at radius 3 is 3.00 bits per heavy atom. The molecule has 0 saturated carbocycles. The minimum Gasteiger partial charge on any atom is -0.347 e. The molecule has 0 spiro atoms. The minimum absolute atomic E-state index is 0.217. The summed E-state index contributed by atoms with van der Waals surface area (Å²) >= 11 is 3.70. The van der Waals surface area contributed by atoms with Crippen LogP contribution in [-0.4, -0.2) is 30.1 Å². The van der Waals surface area contributed by atoms with Crippen LogP contribution >= 0.6 is 23.1 Å². The van der Waals surface area contributed by atoms with Crippen molar-refractivity contribution in [1.82, 2.24) is 4.98 Å². The van der Waals surface area contributed by atoms with E-state index in [2.05, 4.69) is 25.1 Å². The summed E-state index contributed by atoms with van der Waals surface area (Å²) in [7, 11) is 2.17. The van der Waals surface area contributed by atoms with Gasteiger partial charge in [-0.3, -0.25) is 0 Å². The van der Waals surface area contributed by atoms with Gasteiger partial charge in [0.05, 0.1) is 5.69 Å². The molecule has 5 heteroatoms. The lowest BCUT2D eigenvalue weighted by atomic mass is 9.99. The zero-order valence-corrected chi connectivity index (χ0v) is 13.1. The molecular formula is C13H23N3S2. The predicted molar refractivity (Wildman–Crippen MR) is 82.8 cm³/mol. The van der Waals surface area contributed by atoms with Crippen molar-refractivity contribution in [1.29, 1.82) is 0 Å². The van der Waals surface area contributed by atoms with Crippen molar-refractivity contribution >= 4 is 28.2 Å². The number of hydrogen-bond acceptors (Lipinski definition) is 5. The second-order valence-corrected chi connectivity index (χ2v) is 6.85. The number of thioether (sulfide) groups is 1. The summed E-state index contributed by atoms with van der Waals surface area (Å²) in [6.07, 6.45) is 6.73. The van der Waals surface area contributed by atoms with Crippen LogP contribution in [-0.2, 0) is 6.42 Å². The molecule has 2 atom stereocenters. The molecule has 0 fully saturated rings. The average Bonchev–Trinajstić information content (AvgIpc) is 2.80. The summed E-state index contributed by atoms with van der Waals surface area (Å²) in [6, 6.07) is 0.790. The van der Waals surface area contributed by atoms with E-state index in [1.807, 2.05) is 11.8 Å². The first-order valence-electron chi connectivity index (χ1n) is 6.64. The van der Waals surface area contributed by atoms with Crippen LogP contribution in [0, 0.1) is 0 Å². The average molecular weight is 285 g/mol. The van der Waals surface area contributed by atoms with Gasteiger partial charge in [-0.25, -0.2) is 4.98 Å². The molecule has 0 bridgehead atoms. The second kappa shape index (κ2) is 6.26. The fourth-order valence-corrected chi connectivity index (χ4v) is 4.47. The zero-order chi connectivity index (χ0) is 13.1. The Hall–Kier alpha value is -0.260. The fourth-order valence-electron chi connectivity index (χ4n) is 2.44. The van der Waals surface area contributed by atoms with Crippen LogP contribution in [0.4, 0.5) is 5.13 Å². The third-order valence-corrected chi connectivity index (χ3v) is 5.70. The molecular weight excluding hydrogens is 262 g/mol. The maximum absolute atomic E-state index is 6.17. The van der Waals surface area contributed by atoms with Crippen molar-refractivity contribution in [2.75, 3.05) is 24.0 Å². The van der Waals surface area contributed by atoms with Gasteiger partial charge in [0.2, 0.25) is 0 Å². The van der Waals surface area contributed by atoms with Crippen LogP contribution in [0.25, 0.3) is 0 Å². The van der Waals surface area contributed by atoms with Gasteiger partial charge in [-0.15, -0.1) is 0 Å². The van der Waals surface area contributed by atoms with Gasteiger partial charge in [-0.1, -0.05) is 18.3 Å². The lowest BCUT2D eigenvalue weighted by Crippen LogP contribution is -2.33. The second-order valence-electron chi connectivity index (χ2n) is 4.93. The molecule has 2 rings (SSSR count). The number of aryl methyl sites for hydroxylation is 1. The maximum Gasteiger partial charge on any atom is 0.185 e. The Balaban J connectivity index is 2.18. The van der Waals surface area contributed by atoms with E-state index in [0.717, 1.165) is 30.1 Å². The quantitative estimate of drug-likeness (QED) is 0.903. The van der Waals surface area contributed by atoms with Gasteiger partial charge in [-0.05, 0) is 31.9 Å². The standard InChI is InChI=1S/C13H23N3S2/c1-4-9(8-17-3)16(2)13-15-11-7-5-6-10(14)12(11)18-13/h9-10H,4-8,14H2,1-3H3. The SMILES string of the molecule is CCC(CSC)N(C)c1nc2c(s1)C(N)CCC2. The fraction of sp³-hybridized carbons (Fsp3) is 0.769. The third-order valence-electron chi connectivity index (χ3n) is 3.66. The van der Waals surface area contributed by atoms with Crippen molar-refractivity contribution in [3.8, 4) is 0 Å². The monoisotopic (exact) mass is 285 g/mol. The van der Waals surface area contributed by atoms with Crippen molar-refractivity contribution in [2.24, 2.45) is 5.73 Å². The number of nitrogens with zero attached hydrogens (tertiary/aromatic N) is 2. The molecule has 3 nitrogen and oxygen atoms in total. The molecule has 18 heavy (non-hydrogen) atoms. The third kappa shape index (κ3) is 2.83. The van der Waals surface area contributed by atoms with E-state index < -0.39 is 0 Å². The largest absolute Gasteiger partial charge is 0.347 e. The summed E-state index contributed by atoms with van der Waals surface area (Å²) in [5, 5.41) is 1.15. The summed E-state index contributed by atoms with van der Waals surface area (Å²) in [5.41, 5.74) is 7.42. The molecule has 1 aromatic heterocycles. The molecule has 0 aromatic carbocycles. The first-order chi connectivity index (χ1) is 8.67. The first kappa shape index (κ1) is 14.2. The lowest BCUT2D eigenvalue weighted by Gasteiger charge is -2.26. The topological polar surface area (TPSA) is 42.2 Å². The molecule has 1 heterocycles. The number of nitrogens with two attached hydrogens (primary N) is 1. The zero-order valence-electron chi connectivity index (χ0n) is 11.5. The molecule has 1 aromatic rings. The number of thiazole rings is 1. The minimum atomic E-state index is 0.217. The van der Waals surface area contributed by atoms with Crippen LogP contribution in [0.5, 0.6) is 0 Å². The molecule has 0 radical (unpaired) electrons. The Labute approximate surface area is 118 Å². The highest BCUT2D eigenvalue weighted by atomic mass is 32.2. The van der Waals surface area contributed by atoms with Crippen molar-refractivity contribution < 1.29 is 0 Å². The highest BCUT2D eigenvalue weighted by Gasteiger charge is 2.24. The Bertz CT molecular complexity index is 392. The van der Waals surface area contributed by atoms with Gasteiger partial charge in [0.25, 0.3) is 0 Å². The Morgan fingerprint density at radius 1 is 1.61 bits per heavy atom. The van der Waals surface area contributed by atoms with Gasteiger partial charge in [0, 0.05) is 29.8 Å². The van der Waals surface area contributed by atoms with E-state index in [0.29, 0.717) is 6.04 Å². The van der Waals surface area contributed by atoms with E-state index in [1.54, 1.807) is 11.3 Å². The predicted octanol–water partition coefficient (Wildman–Crippen LogP) is 3.06. The normalized spacial score (nSPS) is 20.6. The van der Waals surface area contributed by atoms with Gasteiger partial charge in [0.1, 0.15) is 0 Å². The molecule has 0 amide bonds. The van der Waals surface area contributed by atoms with E-state index in [1.165, 1.54) is 17.0 Å². The summed E-state index contributed by atoms with van der Waals surface area (Å²) in [6.45, 7) is 2.25. The molecule has 0 aliphatic heterocycles. The van der Waals surface area contributed by atoms with Crippen LogP contribution in [0.15, 0.2) is 0 Å². The maximum atomic E-state index is 6.17. The van der Waals surface area contributed by atoms with Crippen molar-refractivity contribution in [3.05, 3.63) is 10.6 Å². The number of fused-ring (bicyclic) bond motifs is 1. The smallest absolute Gasteiger partial charge is 0.185 e. The molecule has 1 aliphatic carbocycles. The Morgan fingerprint density at radius 2 is 2.39 bits per heavy atom. The van der Waals surface area contributed by atoms with Gasteiger partial charge in [-0.2, -0.15) is 11.8 Å². The highest BCUT2D eigenvalue weighted by molar-refractivity contribution is 7.98. The number of anilines is 1. The van der Waals surface area contributed by atoms with Crippen molar-refractivity contribution in [3.63, 3.8) is 0 Å². The number of hydrogen-bond donors (Lipinski definition) is 1. The van der Waals surface area contributed by atoms with Crippen LogP contribution < -0.4 is 10.6 Å². The molecule has 1 aliphatic rings. The van der Waals surface area contributed by atoms with Gasteiger partial charge < -0.3 is 10.6 Å². The van der Waals surface area contributed by atoms with Gasteiger partial charge >= 0.3 is 0 Å². The molecule has 0 saturated heterocycles. The summed E-state index contributed by atoms with van der Waals surface area (Å²) < 4.78 is 0. The van der Waals surface area contributed by atoms with E-state index in [9.17, 15) is 0 Å². The first-order valence-corrected chi connectivity index (χ1v) is 8.85. The van der Waals surface area contributed by atoms with E-state index in [4.69, 9.17) is 10.7 Å². The van der Waals surface area contributed by atoms with Crippen LogP contribution in [0.1, 0.15) is 42.8 Å². The van der Waals surface area contributed by atoms with E-state index >= 15 is 0 Å². The summed E-state index contributed by atoms with van der Waals surface area (Å²) in [5.74, 6) is 1.16. The molecule has 2 N–H and O–H groups in total. The lowest BCUT2D eigenvalue weighted by molar-refractivity contribution is 0.573. The molecule has 2 unspecified atom stereocenters. The van der Waals surface area contributed by atoms with Crippen molar-refractivity contribution in [2.45, 2.75) is 44.7 Å². The van der Waals surface area contributed by atoms with Crippen LogP contribution in [0.3, 0.4) is 0 Å². The van der Waals surface area contributed by atoms with Crippen LogP contribution in [0.2, 0.25) is 0 Å². The van der Waals surface area contributed by atoms with Gasteiger partial charge in [0.15, 0.2) is 5.13 Å². The highest BCUT2D eigenvalue weighted by Crippen LogP contribution is 2.36. The van der Waals surface area contributed by atoms with E-state index in [-0.39, 0.29) is 6.04 Å². The summed E-state index contributed by atoms with van der Waals surface area (Å²) in [4.78, 5) is 8.47. The Kier molecular flexibility index (Phi) is 4.92. The number of aromatic nitrogens is 1.